The SMILES string of the molecule is CN1OCCN(c2ccc(F)c(C(F)(F)F)c2)C1=O. The molecule has 0 saturated carbocycles. The third-order valence-corrected chi connectivity index (χ3v) is 2.67. The van der Waals surface area contributed by atoms with E-state index in [1.807, 2.05) is 0 Å². The molecule has 19 heavy (non-hydrogen) atoms. The van der Waals surface area contributed by atoms with Crippen LogP contribution in [0.2, 0.25) is 0 Å². The molecule has 4 nitrogen and oxygen atoms in total. The average molecular weight is 278 g/mol. The van der Waals surface area contributed by atoms with Crippen molar-refractivity contribution < 1.29 is 27.2 Å². The summed E-state index contributed by atoms with van der Waals surface area (Å²) in [5.74, 6) is -1.37. The molecule has 0 N–H and O–H groups in total. The number of nitrogens with zero attached hydrogens (tertiary/aromatic N) is 2. The predicted octanol–water partition coefficient (Wildman–Crippen LogP) is 2.65. The van der Waals surface area contributed by atoms with Gasteiger partial charge in [0.05, 0.1) is 18.7 Å². The Hall–Kier alpha value is -1.83. The highest BCUT2D eigenvalue weighted by atomic mass is 19.4. The van der Waals surface area contributed by atoms with Crippen molar-refractivity contribution in [3.63, 3.8) is 0 Å². The molecule has 2 rings (SSSR count). The topological polar surface area (TPSA) is 32.8 Å². The Morgan fingerprint density at radius 1 is 1.32 bits per heavy atom. The molecule has 8 heteroatoms. The number of amides is 2. The van der Waals surface area contributed by atoms with Crippen LogP contribution in [0.15, 0.2) is 18.2 Å². The molecule has 0 bridgehead atoms. The summed E-state index contributed by atoms with van der Waals surface area (Å²) in [6.07, 6.45) is -4.80. The molecule has 0 spiro atoms. The smallest absolute Gasteiger partial charge is 0.290 e. The van der Waals surface area contributed by atoms with E-state index in [9.17, 15) is 22.4 Å². The summed E-state index contributed by atoms with van der Waals surface area (Å²) >= 11 is 0. The van der Waals surface area contributed by atoms with E-state index >= 15 is 0 Å². The lowest BCUT2D eigenvalue weighted by atomic mass is 10.1. The fourth-order valence-electron chi connectivity index (χ4n) is 1.73. The molecule has 1 fully saturated rings. The minimum atomic E-state index is -4.80. The summed E-state index contributed by atoms with van der Waals surface area (Å²) in [5, 5.41) is 0.917. The first-order chi connectivity index (χ1) is 8.80. The number of hydroxylamine groups is 2. The Labute approximate surface area is 106 Å². The second-order valence-corrected chi connectivity index (χ2v) is 3.93. The minimum Gasteiger partial charge on any atom is -0.290 e. The molecule has 2 amide bonds. The van der Waals surface area contributed by atoms with Gasteiger partial charge in [0.2, 0.25) is 0 Å². The van der Waals surface area contributed by atoms with Crippen molar-refractivity contribution in [2.45, 2.75) is 6.18 Å². The molecular weight excluding hydrogens is 268 g/mol. The highest BCUT2D eigenvalue weighted by molar-refractivity contribution is 5.91. The number of hydrogen-bond donors (Lipinski definition) is 0. The van der Waals surface area contributed by atoms with Gasteiger partial charge in [-0.25, -0.2) is 14.2 Å². The second kappa shape index (κ2) is 4.69. The summed E-state index contributed by atoms with van der Waals surface area (Å²) < 4.78 is 50.9. The van der Waals surface area contributed by atoms with Gasteiger partial charge in [-0.15, -0.1) is 0 Å². The van der Waals surface area contributed by atoms with Crippen LogP contribution < -0.4 is 4.90 Å². The first kappa shape index (κ1) is 13.6. The van der Waals surface area contributed by atoms with Crippen molar-refractivity contribution >= 4 is 11.7 Å². The van der Waals surface area contributed by atoms with Gasteiger partial charge in [0.15, 0.2) is 0 Å². The van der Waals surface area contributed by atoms with E-state index < -0.39 is 23.6 Å². The Morgan fingerprint density at radius 3 is 2.63 bits per heavy atom. The summed E-state index contributed by atoms with van der Waals surface area (Å²) in [4.78, 5) is 17.7. The van der Waals surface area contributed by atoms with Crippen molar-refractivity contribution in [3.8, 4) is 0 Å². The fraction of sp³-hybridized carbons (Fsp3) is 0.364. The zero-order valence-corrected chi connectivity index (χ0v) is 9.87. The Bertz CT molecular complexity index is 504. The number of urea groups is 1. The van der Waals surface area contributed by atoms with Gasteiger partial charge in [0.25, 0.3) is 0 Å². The quantitative estimate of drug-likeness (QED) is 0.740. The monoisotopic (exact) mass is 278 g/mol. The maximum atomic E-state index is 13.1. The first-order valence-electron chi connectivity index (χ1n) is 5.35. The van der Waals surface area contributed by atoms with E-state index in [1.54, 1.807) is 0 Å². The van der Waals surface area contributed by atoms with Crippen molar-refractivity contribution in [2.75, 3.05) is 25.1 Å². The van der Waals surface area contributed by atoms with Crippen LogP contribution in [-0.4, -0.2) is 31.3 Å². The van der Waals surface area contributed by atoms with Crippen LogP contribution in [0.25, 0.3) is 0 Å². The van der Waals surface area contributed by atoms with Gasteiger partial charge in [0.1, 0.15) is 5.82 Å². The highest BCUT2D eigenvalue weighted by Gasteiger charge is 2.35. The number of halogens is 4. The van der Waals surface area contributed by atoms with Gasteiger partial charge >= 0.3 is 12.2 Å². The molecule has 1 saturated heterocycles. The molecule has 1 aromatic carbocycles. The van der Waals surface area contributed by atoms with E-state index in [-0.39, 0.29) is 18.8 Å². The molecule has 104 valence electrons. The van der Waals surface area contributed by atoms with Crippen molar-refractivity contribution in [1.82, 2.24) is 5.06 Å². The first-order valence-corrected chi connectivity index (χ1v) is 5.35. The lowest BCUT2D eigenvalue weighted by Crippen LogP contribution is -2.48. The summed E-state index contributed by atoms with van der Waals surface area (Å²) in [5.41, 5.74) is -1.42. The number of benzene rings is 1. The molecule has 1 aliphatic heterocycles. The van der Waals surface area contributed by atoms with Gasteiger partial charge in [0, 0.05) is 12.7 Å². The van der Waals surface area contributed by atoms with Crippen LogP contribution >= 0.6 is 0 Å². The van der Waals surface area contributed by atoms with Crippen LogP contribution in [0.4, 0.5) is 28.0 Å². The maximum absolute atomic E-state index is 13.1. The molecule has 1 heterocycles. The molecular formula is C11H10F4N2O2. The normalized spacial score (nSPS) is 17.0. The van der Waals surface area contributed by atoms with Gasteiger partial charge < -0.3 is 0 Å². The highest BCUT2D eigenvalue weighted by Crippen LogP contribution is 2.34. The minimum absolute atomic E-state index is 0.0196. The molecule has 0 radical (unpaired) electrons. The number of carbonyl (C=O) groups excluding carboxylic acids is 1. The third-order valence-electron chi connectivity index (χ3n) is 2.67. The van der Waals surface area contributed by atoms with E-state index in [0.717, 1.165) is 16.0 Å². The Kier molecular flexibility index (Phi) is 3.36. The molecule has 0 aromatic heterocycles. The molecule has 0 aliphatic carbocycles. The second-order valence-electron chi connectivity index (χ2n) is 3.93. The number of hydrogen-bond acceptors (Lipinski definition) is 2. The molecule has 1 aromatic rings. The number of anilines is 1. The molecule has 0 atom stereocenters. The summed E-state index contributed by atoms with van der Waals surface area (Å²) in [6.45, 7) is 0.257. The fourth-order valence-corrected chi connectivity index (χ4v) is 1.73. The van der Waals surface area contributed by atoms with E-state index in [4.69, 9.17) is 4.84 Å². The van der Waals surface area contributed by atoms with Gasteiger partial charge in [-0.05, 0) is 18.2 Å². The third kappa shape index (κ3) is 2.62. The maximum Gasteiger partial charge on any atom is 0.419 e. The predicted molar refractivity (Wildman–Crippen MR) is 57.9 cm³/mol. The number of rotatable bonds is 1. The van der Waals surface area contributed by atoms with E-state index in [2.05, 4.69) is 0 Å². The van der Waals surface area contributed by atoms with Crippen molar-refractivity contribution in [1.29, 1.82) is 0 Å². The summed E-state index contributed by atoms with van der Waals surface area (Å²) in [7, 11) is 1.35. The van der Waals surface area contributed by atoms with Crippen molar-refractivity contribution in [2.24, 2.45) is 0 Å². The lowest BCUT2D eigenvalue weighted by molar-refractivity contribution is -0.140. The van der Waals surface area contributed by atoms with Crippen LogP contribution in [0.3, 0.4) is 0 Å². The van der Waals surface area contributed by atoms with E-state index in [0.29, 0.717) is 12.1 Å². The largest absolute Gasteiger partial charge is 0.419 e. The van der Waals surface area contributed by atoms with Crippen molar-refractivity contribution in [3.05, 3.63) is 29.6 Å². The Balaban J connectivity index is 2.38. The molecule has 0 unspecified atom stereocenters. The summed E-state index contributed by atoms with van der Waals surface area (Å²) in [6, 6.07) is 1.83. The van der Waals surface area contributed by atoms with Crippen LogP contribution in [0, 0.1) is 5.82 Å². The van der Waals surface area contributed by atoms with Crippen LogP contribution in [0.1, 0.15) is 5.56 Å². The number of carbonyl (C=O) groups is 1. The number of alkyl halides is 3. The Morgan fingerprint density at radius 2 is 2.00 bits per heavy atom. The van der Waals surface area contributed by atoms with Gasteiger partial charge in [-0.2, -0.15) is 13.2 Å². The zero-order chi connectivity index (χ0) is 14.2. The van der Waals surface area contributed by atoms with Gasteiger partial charge in [-0.3, -0.25) is 9.74 Å². The van der Waals surface area contributed by atoms with Gasteiger partial charge in [-0.1, -0.05) is 0 Å². The van der Waals surface area contributed by atoms with E-state index in [1.165, 1.54) is 7.05 Å². The van der Waals surface area contributed by atoms with Crippen LogP contribution in [0.5, 0.6) is 0 Å². The standard InChI is InChI=1S/C11H10F4N2O2/c1-16-10(18)17(4-5-19-16)7-2-3-9(12)8(6-7)11(13,14)15/h2-3,6H,4-5H2,1H3. The lowest BCUT2D eigenvalue weighted by Gasteiger charge is -2.32. The zero-order valence-electron chi connectivity index (χ0n) is 9.87. The van der Waals surface area contributed by atoms with Crippen LogP contribution in [-0.2, 0) is 11.0 Å². The average Bonchev–Trinajstić information content (AvgIpc) is 2.32. The molecule has 1 aliphatic rings.